The Labute approximate surface area is 169 Å². The van der Waals surface area contributed by atoms with Gasteiger partial charge in [0.05, 0.1) is 30.0 Å². The third-order valence-electron chi connectivity index (χ3n) is 3.72. The molecule has 7 nitrogen and oxygen atoms in total. The molecular weight excluding hydrogens is 432 g/mol. The monoisotopic (exact) mass is 448 g/mol. The van der Waals surface area contributed by atoms with E-state index in [1.54, 1.807) is 18.3 Å². The first-order chi connectivity index (χ1) is 13.1. The number of hydrogen-bond donors (Lipinski definition) is 2. The fourth-order valence-electron chi connectivity index (χ4n) is 2.45. The number of aromatic hydroxyl groups is 1. The van der Waals surface area contributed by atoms with E-state index in [0.717, 1.165) is 5.56 Å². The van der Waals surface area contributed by atoms with Crippen molar-refractivity contribution in [1.29, 1.82) is 0 Å². The lowest BCUT2D eigenvalue weighted by Crippen LogP contribution is -1.99. The molecule has 0 fully saturated rings. The molecule has 0 aliphatic carbocycles. The predicted molar refractivity (Wildman–Crippen MR) is 109 cm³/mol. The summed E-state index contributed by atoms with van der Waals surface area (Å²) in [6, 6.07) is 11.0. The van der Waals surface area contributed by atoms with Crippen LogP contribution in [0, 0.1) is 4.77 Å². The van der Waals surface area contributed by atoms with Gasteiger partial charge in [0.15, 0.2) is 17.3 Å². The maximum Gasteiger partial charge on any atom is 0.216 e. The first-order valence-electron chi connectivity index (χ1n) is 8.06. The second kappa shape index (κ2) is 8.36. The van der Waals surface area contributed by atoms with E-state index in [1.807, 2.05) is 31.2 Å². The molecule has 1 heterocycles. The van der Waals surface area contributed by atoms with Crippen molar-refractivity contribution in [3.05, 3.63) is 51.2 Å². The number of nitrogens with zero attached hydrogens (tertiary/aromatic N) is 3. The molecule has 0 saturated carbocycles. The first-order valence-corrected chi connectivity index (χ1v) is 9.26. The molecule has 0 spiro atoms. The van der Waals surface area contributed by atoms with Crippen molar-refractivity contribution in [2.24, 2.45) is 5.10 Å². The summed E-state index contributed by atoms with van der Waals surface area (Å²) in [4.78, 5) is 0. The predicted octanol–water partition coefficient (Wildman–Crippen LogP) is 4.37. The van der Waals surface area contributed by atoms with E-state index in [2.05, 4.69) is 31.2 Å². The van der Waals surface area contributed by atoms with Gasteiger partial charge in [0, 0.05) is 5.56 Å². The van der Waals surface area contributed by atoms with Crippen LogP contribution in [-0.2, 0) is 0 Å². The molecule has 2 N–H and O–H groups in total. The molecular formula is C18H17BrN4O3S. The van der Waals surface area contributed by atoms with Crippen LogP contribution in [0.15, 0.2) is 46.0 Å². The Bertz CT molecular complexity index is 1050. The molecule has 0 saturated heterocycles. The minimum Gasteiger partial charge on any atom is -0.503 e. The zero-order valence-electron chi connectivity index (χ0n) is 14.6. The number of phenolic OH excluding ortho intramolecular Hbond substituents is 1. The number of ether oxygens (including phenoxy) is 2. The second-order valence-electron chi connectivity index (χ2n) is 5.36. The first kappa shape index (κ1) is 19.1. The molecule has 0 aliphatic rings. The molecule has 140 valence electrons. The number of aromatic amines is 1. The normalized spacial score (nSPS) is 11.1. The number of nitrogens with one attached hydrogen (secondary N) is 1. The van der Waals surface area contributed by atoms with Gasteiger partial charge in [-0.2, -0.15) is 14.9 Å². The maximum atomic E-state index is 10.1. The SMILES string of the molecule is CCOc1ccccc1-c1n[nH]c(=S)n1/N=C\c1ccc(OC)c(O)c1Br. The Morgan fingerprint density at radius 1 is 1.30 bits per heavy atom. The van der Waals surface area contributed by atoms with Gasteiger partial charge in [-0.25, -0.2) is 5.10 Å². The van der Waals surface area contributed by atoms with Gasteiger partial charge in [0.2, 0.25) is 4.77 Å². The average Bonchev–Trinajstić information content (AvgIpc) is 3.04. The fourth-order valence-corrected chi connectivity index (χ4v) is 3.06. The van der Waals surface area contributed by atoms with Crippen LogP contribution < -0.4 is 9.47 Å². The van der Waals surface area contributed by atoms with Crippen molar-refractivity contribution in [2.45, 2.75) is 6.92 Å². The number of H-pyrrole nitrogens is 1. The van der Waals surface area contributed by atoms with Crippen molar-refractivity contribution in [2.75, 3.05) is 13.7 Å². The van der Waals surface area contributed by atoms with Gasteiger partial charge in [-0.05, 0) is 59.3 Å². The summed E-state index contributed by atoms with van der Waals surface area (Å²) < 4.78 is 13.1. The number of rotatable bonds is 6. The number of benzene rings is 2. The van der Waals surface area contributed by atoms with E-state index in [4.69, 9.17) is 21.7 Å². The fraction of sp³-hybridized carbons (Fsp3) is 0.167. The topological polar surface area (TPSA) is 84.7 Å². The van der Waals surface area contributed by atoms with E-state index >= 15 is 0 Å². The summed E-state index contributed by atoms with van der Waals surface area (Å²) in [6.07, 6.45) is 1.57. The standard InChI is InChI=1S/C18H17BrN4O3S/c1-3-26-13-7-5-4-6-12(13)17-21-22-18(27)23(17)20-10-11-8-9-14(25-2)16(24)15(11)19/h4-10,24H,3H2,1-2H3,(H,22,27)/b20-10-. The third-order valence-corrected chi connectivity index (χ3v) is 4.82. The van der Waals surface area contributed by atoms with E-state index in [-0.39, 0.29) is 5.75 Å². The van der Waals surface area contributed by atoms with Gasteiger partial charge in [-0.15, -0.1) is 0 Å². The summed E-state index contributed by atoms with van der Waals surface area (Å²) >= 11 is 8.65. The highest BCUT2D eigenvalue weighted by Crippen LogP contribution is 2.36. The zero-order chi connectivity index (χ0) is 19.4. The maximum absolute atomic E-state index is 10.1. The Morgan fingerprint density at radius 3 is 2.81 bits per heavy atom. The van der Waals surface area contributed by atoms with Crippen LogP contribution in [0.4, 0.5) is 0 Å². The van der Waals surface area contributed by atoms with E-state index in [0.29, 0.717) is 38.7 Å². The Kier molecular flexibility index (Phi) is 5.92. The lowest BCUT2D eigenvalue weighted by atomic mass is 10.2. The van der Waals surface area contributed by atoms with Crippen LogP contribution >= 0.6 is 28.1 Å². The van der Waals surface area contributed by atoms with Gasteiger partial charge in [0.1, 0.15) is 5.75 Å². The molecule has 0 atom stereocenters. The van der Waals surface area contributed by atoms with Gasteiger partial charge in [-0.1, -0.05) is 12.1 Å². The molecule has 3 aromatic rings. The van der Waals surface area contributed by atoms with Crippen molar-refractivity contribution >= 4 is 34.4 Å². The molecule has 9 heteroatoms. The van der Waals surface area contributed by atoms with E-state index in [1.165, 1.54) is 11.8 Å². The highest BCUT2D eigenvalue weighted by molar-refractivity contribution is 9.10. The minimum absolute atomic E-state index is 0.000782. The zero-order valence-corrected chi connectivity index (χ0v) is 17.0. The lowest BCUT2D eigenvalue weighted by molar-refractivity contribution is 0.341. The van der Waals surface area contributed by atoms with Crippen LogP contribution in [-0.4, -0.2) is 39.9 Å². The molecule has 27 heavy (non-hydrogen) atoms. The van der Waals surface area contributed by atoms with Crippen LogP contribution in [0.3, 0.4) is 0 Å². The van der Waals surface area contributed by atoms with Crippen molar-refractivity contribution in [3.63, 3.8) is 0 Å². The second-order valence-corrected chi connectivity index (χ2v) is 6.54. The highest BCUT2D eigenvalue weighted by atomic mass is 79.9. The summed E-state index contributed by atoms with van der Waals surface area (Å²) in [5, 5.41) is 21.6. The van der Waals surface area contributed by atoms with Gasteiger partial charge in [-0.3, -0.25) is 0 Å². The van der Waals surface area contributed by atoms with Crippen LogP contribution in [0.2, 0.25) is 0 Å². The molecule has 2 aromatic carbocycles. The molecule has 1 aromatic heterocycles. The minimum atomic E-state index is -0.000782. The van der Waals surface area contributed by atoms with E-state index in [9.17, 15) is 5.11 Å². The Morgan fingerprint density at radius 2 is 2.07 bits per heavy atom. The van der Waals surface area contributed by atoms with Crippen molar-refractivity contribution < 1.29 is 14.6 Å². The van der Waals surface area contributed by atoms with Gasteiger partial charge < -0.3 is 14.6 Å². The number of hydrogen-bond acceptors (Lipinski definition) is 6. The summed E-state index contributed by atoms with van der Waals surface area (Å²) in [5.41, 5.74) is 1.42. The van der Waals surface area contributed by atoms with Crippen LogP contribution in [0.1, 0.15) is 12.5 Å². The molecule has 0 radical (unpaired) electrons. The van der Waals surface area contributed by atoms with E-state index < -0.39 is 0 Å². The molecule has 3 rings (SSSR count). The largest absolute Gasteiger partial charge is 0.503 e. The molecule has 0 amide bonds. The third kappa shape index (κ3) is 3.88. The summed E-state index contributed by atoms with van der Waals surface area (Å²) in [7, 11) is 1.49. The Hall–Kier alpha value is -2.65. The molecule has 0 unspecified atom stereocenters. The quantitative estimate of drug-likeness (QED) is 0.432. The summed E-state index contributed by atoms with van der Waals surface area (Å²) in [5.74, 6) is 1.58. The molecule has 0 aliphatic heterocycles. The summed E-state index contributed by atoms with van der Waals surface area (Å²) in [6.45, 7) is 2.45. The smallest absolute Gasteiger partial charge is 0.216 e. The number of phenols is 1. The average molecular weight is 449 g/mol. The number of aromatic nitrogens is 3. The number of halogens is 1. The van der Waals surface area contributed by atoms with Crippen molar-refractivity contribution in [3.8, 4) is 28.6 Å². The Balaban J connectivity index is 2.03. The number of methoxy groups -OCH3 is 1. The molecule has 0 bridgehead atoms. The van der Waals surface area contributed by atoms with Crippen molar-refractivity contribution in [1.82, 2.24) is 14.9 Å². The van der Waals surface area contributed by atoms with Crippen LogP contribution in [0.25, 0.3) is 11.4 Å². The van der Waals surface area contributed by atoms with Crippen LogP contribution in [0.5, 0.6) is 17.2 Å². The van der Waals surface area contributed by atoms with Gasteiger partial charge in [0.25, 0.3) is 0 Å². The van der Waals surface area contributed by atoms with Gasteiger partial charge >= 0.3 is 0 Å². The highest BCUT2D eigenvalue weighted by Gasteiger charge is 2.14. The lowest BCUT2D eigenvalue weighted by Gasteiger charge is -2.09. The number of para-hydroxylation sites is 1.